The average Bonchev–Trinajstić information content (AvgIpc) is 3.23. The number of aromatic nitrogens is 2. The lowest BCUT2D eigenvalue weighted by Gasteiger charge is -2.33. The maximum absolute atomic E-state index is 10.5. The molecule has 2 fully saturated rings. The molecule has 0 spiro atoms. The number of aliphatic hydroxyl groups excluding tert-OH is 1. The summed E-state index contributed by atoms with van der Waals surface area (Å²) in [7, 11) is 0. The highest BCUT2D eigenvalue weighted by molar-refractivity contribution is 6.30. The molecule has 134 valence electrons. The zero-order chi connectivity index (χ0) is 17.2. The van der Waals surface area contributed by atoms with Crippen molar-refractivity contribution in [2.45, 2.75) is 18.7 Å². The number of pyridine rings is 1. The number of likely N-dealkylation sites (tertiary alicyclic amines) is 1. The lowest BCUT2D eigenvalue weighted by Crippen LogP contribution is -2.48. The molecule has 25 heavy (non-hydrogen) atoms. The van der Waals surface area contributed by atoms with E-state index >= 15 is 0 Å². The molecule has 2 aromatic heterocycles. The molecule has 0 amide bonds. The number of morpholine rings is 1. The minimum atomic E-state index is -0.310. The van der Waals surface area contributed by atoms with E-state index in [1.54, 1.807) is 6.20 Å². The normalized spacial score (nSPS) is 25.5. The van der Waals surface area contributed by atoms with Gasteiger partial charge in [-0.2, -0.15) is 0 Å². The predicted octanol–water partition coefficient (Wildman–Crippen LogP) is 1.40. The fourth-order valence-corrected chi connectivity index (χ4v) is 3.86. The summed E-state index contributed by atoms with van der Waals surface area (Å²) in [6.07, 6.45) is 3.36. The van der Waals surface area contributed by atoms with Crippen LogP contribution in [0.25, 0.3) is 5.82 Å². The molecule has 1 N–H and O–H groups in total. The topological polar surface area (TPSA) is 53.8 Å². The first kappa shape index (κ1) is 17.0. The Balaban J connectivity index is 1.45. The van der Waals surface area contributed by atoms with E-state index in [2.05, 4.69) is 25.4 Å². The van der Waals surface area contributed by atoms with Crippen molar-refractivity contribution in [3.63, 3.8) is 0 Å². The number of halogens is 1. The van der Waals surface area contributed by atoms with Crippen LogP contribution in [0.2, 0.25) is 5.02 Å². The molecule has 7 heteroatoms. The number of hydrogen-bond acceptors (Lipinski definition) is 5. The zero-order valence-corrected chi connectivity index (χ0v) is 14.8. The Hall–Kier alpha value is -1.44. The largest absolute Gasteiger partial charge is 0.390 e. The predicted molar refractivity (Wildman–Crippen MR) is 96.0 cm³/mol. The molecule has 0 bridgehead atoms. The molecule has 6 nitrogen and oxygen atoms in total. The summed E-state index contributed by atoms with van der Waals surface area (Å²) in [6, 6.07) is 8.09. The lowest BCUT2D eigenvalue weighted by molar-refractivity contribution is -0.00618. The molecule has 0 saturated carbocycles. The van der Waals surface area contributed by atoms with Gasteiger partial charge in [0.15, 0.2) is 0 Å². The Morgan fingerprint density at radius 3 is 2.80 bits per heavy atom. The maximum Gasteiger partial charge on any atom is 0.136 e. The van der Waals surface area contributed by atoms with Crippen LogP contribution in [0.15, 0.2) is 36.7 Å². The van der Waals surface area contributed by atoms with E-state index in [4.69, 9.17) is 16.3 Å². The smallest absolute Gasteiger partial charge is 0.136 e. The van der Waals surface area contributed by atoms with Gasteiger partial charge in [-0.1, -0.05) is 11.6 Å². The quantitative estimate of drug-likeness (QED) is 0.891. The fraction of sp³-hybridized carbons (Fsp3) is 0.500. The van der Waals surface area contributed by atoms with Gasteiger partial charge in [-0.25, -0.2) is 4.98 Å². The van der Waals surface area contributed by atoms with E-state index in [0.717, 1.165) is 50.9 Å². The van der Waals surface area contributed by atoms with Crippen molar-refractivity contribution in [3.8, 4) is 5.82 Å². The summed E-state index contributed by atoms with van der Waals surface area (Å²) in [5, 5.41) is 11.1. The molecule has 0 aromatic carbocycles. The van der Waals surface area contributed by atoms with Gasteiger partial charge in [0.25, 0.3) is 0 Å². The van der Waals surface area contributed by atoms with E-state index in [1.165, 1.54) is 0 Å². The molecular formula is C18H23ClN4O2. The van der Waals surface area contributed by atoms with Crippen molar-refractivity contribution in [1.82, 2.24) is 19.4 Å². The molecule has 2 aromatic rings. The highest BCUT2D eigenvalue weighted by Crippen LogP contribution is 2.21. The first-order valence-electron chi connectivity index (χ1n) is 8.71. The van der Waals surface area contributed by atoms with E-state index in [0.29, 0.717) is 11.6 Å². The SMILES string of the molecule is O[C@@H]1CN(Cc2cccn2-c2ccc(Cl)cn2)C[C@H]1N1CCOCC1. The number of nitrogens with zero attached hydrogens (tertiary/aromatic N) is 4. The number of aliphatic hydroxyl groups is 1. The highest BCUT2D eigenvalue weighted by Gasteiger charge is 2.36. The van der Waals surface area contributed by atoms with E-state index in [-0.39, 0.29) is 12.1 Å². The Labute approximate surface area is 152 Å². The standard InChI is InChI=1S/C18H23ClN4O2/c19-14-3-4-18(20-10-14)23-5-1-2-15(23)11-21-12-16(17(24)13-21)22-6-8-25-9-7-22/h1-5,10,16-17,24H,6-9,11-13H2/t16-,17-/m1/s1. The van der Waals surface area contributed by atoms with Gasteiger partial charge in [0.1, 0.15) is 5.82 Å². The fourth-order valence-electron chi connectivity index (χ4n) is 3.75. The van der Waals surface area contributed by atoms with Gasteiger partial charge in [0, 0.05) is 56.9 Å². The minimum absolute atomic E-state index is 0.195. The van der Waals surface area contributed by atoms with Gasteiger partial charge in [-0.05, 0) is 24.3 Å². The third kappa shape index (κ3) is 3.73. The summed E-state index contributed by atoms with van der Waals surface area (Å²) < 4.78 is 7.50. The molecule has 0 unspecified atom stereocenters. The van der Waals surface area contributed by atoms with Crippen LogP contribution < -0.4 is 0 Å². The molecule has 0 aliphatic carbocycles. The number of β-amino-alcohol motifs (C(OH)–C–C–N with tert-alkyl or cyclic N) is 1. The first-order valence-corrected chi connectivity index (χ1v) is 9.09. The summed E-state index contributed by atoms with van der Waals surface area (Å²) in [6.45, 7) is 5.68. The van der Waals surface area contributed by atoms with Crippen molar-refractivity contribution in [2.75, 3.05) is 39.4 Å². The van der Waals surface area contributed by atoms with Crippen LogP contribution in [0.5, 0.6) is 0 Å². The van der Waals surface area contributed by atoms with Crippen molar-refractivity contribution in [2.24, 2.45) is 0 Å². The van der Waals surface area contributed by atoms with Crippen LogP contribution >= 0.6 is 11.6 Å². The molecule has 2 saturated heterocycles. The second-order valence-corrected chi connectivity index (χ2v) is 7.12. The molecular weight excluding hydrogens is 340 g/mol. The average molecular weight is 363 g/mol. The lowest BCUT2D eigenvalue weighted by atomic mass is 10.2. The van der Waals surface area contributed by atoms with Crippen LogP contribution in [0, 0.1) is 0 Å². The Bertz CT molecular complexity index is 699. The van der Waals surface area contributed by atoms with Gasteiger partial charge in [0.2, 0.25) is 0 Å². The summed E-state index contributed by atoms with van der Waals surface area (Å²) in [4.78, 5) is 9.07. The molecule has 2 atom stereocenters. The van der Waals surface area contributed by atoms with Crippen LogP contribution in [0.1, 0.15) is 5.69 Å². The second kappa shape index (κ2) is 7.43. The van der Waals surface area contributed by atoms with Crippen LogP contribution in [-0.2, 0) is 11.3 Å². The van der Waals surface area contributed by atoms with E-state index < -0.39 is 0 Å². The summed E-state index contributed by atoms with van der Waals surface area (Å²) >= 11 is 5.93. The van der Waals surface area contributed by atoms with Gasteiger partial charge in [-0.3, -0.25) is 9.80 Å². The highest BCUT2D eigenvalue weighted by atomic mass is 35.5. The molecule has 0 radical (unpaired) electrons. The summed E-state index contributed by atoms with van der Waals surface area (Å²) in [5.74, 6) is 0.855. The molecule has 2 aliphatic rings. The molecule has 4 heterocycles. The zero-order valence-electron chi connectivity index (χ0n) is 14.1. The molecule has 4 rings (SSSR count). The first-order chi connectivity index (χ1) is 12.2. The van der Waals surface area contributed by atoms with Gasteiger partial charge < -0.3 is 14.4 Å². The van der Waals surface area contributed by atoms with Crippen molar-refractivity contribution in [1.29, 1.82) is 0 Å². The van der Waals surface area contributed by atoms with Crippen molar-refractivity contribution < 1.29 is 9.84 Å². The number of ether oxygens (including phenoxy) is 1. The number of rotatable bonds is 4. The van der Waals surface area contributed by atoms with Crippen molar-refractivity contribution >= 4 is 11.6 Å². The van der Waals surface area contributed by atoms with Gasteiger partial charge in [0.05, 0.1) is 24.3 Å². The minimum Gasteiger partial charge on any atom is -0.390 e. The second-order valence-electron chi connectivity index (χ2n) is 6.68. The number of hydrogen-bond donors (Lipinski definition) is 1. The van der Waals surface area contributed by atoms with E-state index in [1.807, 2.05) is 24.4 Å². The van der Waals surface area contributed by atoms with Crippen LogP contribution in [0.3, 0.4) is 0 Å². The summed E-state index contributed by atoms with van der Waals surface area (Å²) in [5.41, 5.74) is 1.16. The molecule has 2 aliphatic heterocycles. The third-order valence-electron chi connectivity index (χ3n) is 5.03. The van der Waals surface area contributed by atoms with Crippen LogP contribution in [0.4, 0.5) is 0 Å². The Morgan fingerprint density at radius 1 is 1.20 bits per heavy atom. The monoisotopic (exact) mass is 362 g/mol. The third-order valence-corrected chi connectivity index (χ3v) is 5.25. The Kier molecular flexibility index (Phi) is 5.05. The van der Waals surface area contributed by atoms with Crippen molar-refractivity contribution in [3.05, 3.63) is 47.4 Å². The van der Waals surface area contributed by atoms with Gasteiger partial charge in [-0.15, -0.1) is 0 Å². The maximum atomic E-state index is 10.5. The van der Waals surface area contributed by atoms with E-state index in [9.17, 15) is 5.11 Å². The Morgan fingerprint density at radius 2 is 2.04 bits per heavy atom. The van der Waals surface area contributed by atoms with Crippen LogP contribution in [-0.4, -0.2) is 76.0 Å². The van der Waals surface area contributed by atoms with Gasteiger partial charge >= 0.3 is 0 Å².